The summed E-state index contributed by atoms with van der Waals surface area (Å²) in [6.45, 7) is 6.10. The Hall–Kier alpha value is -1.88. The van der Waals surface area contributed by atoms with E-state index in [1.165, 1.54) is 74.9 Å². The zero-order valence-electron chi connectivity index (χ0n) is 16.9. The van der Waals surface area contributed by atoms with Crippen LogP contribution in [0.4, 0.5) is 0 Å². The Morgan fingerprint density at radius 3 is 2.52 bits per heavy atom. The summed E-state index contributed by atoms with van der Waals surface area (Å²) >= 11 is 6.10. The van der Waals surface area contributed by atoms with Gasteiger partial charge in [-0.1, -0.05) is 11.6 Å². The first-order valence-corrected chi connectivity index (χ1v) is 11.3. The van der Waals surface area contributed by atoms with Gasteiger partial charge in [0.15, 0.2) is 0 Å². The lowest BCUT2D eigenvalue weighted by atomic mass is 9.88. The highest BCUT2D eigenvalue weighted by atomic mass is 35.5. The fourth-order valence-electron chi connectivity index (χ4n) is 5.10. The van der Waals surface area contributed by atoms with Gasteiger partial charge in [0.05, 0.1) is 11.7 Å². The number of pyridine rings is 1. The summed E-state index contributed by atoms with van der Waals surface area (Å²) in [6.07, 6.45) is 11.4. The van der Waals surface area contributed by atoms with Crippen molar-refractivity contribution in [3.63, 3.8) is 0 Å². The number of likely N-dealkylation sites (tertiary alicyclic amines) is 1. The summed E-state index contributed by atoms with van der Waals surface area (Å²) in [6, 6.07) is 10.3. The molecule has 0 unspecified atom stereocenters. The summed E-state index contributed by atoms with van der Waals surface area (Å²) in [4.78, 5) is 7.09. The van der Waals surface area contributed by atoms with Crippen LogP contribution in [0.15, 0.2) is 48.9 Å². The Balaban J connectivity index is 1.35. The van der Waals surface area contributed by atoms with Crippen molar-refractivity contribution in [3.05, 3.63) is 59.5 Å². The van der Waals surface area contributed by atoms with Crippen LogP contribution >= 0.6 is 11.6 Å². The van der Waals surface area contributed by atoms with Crippen molar-refractivity contribution < 1.29 is 0 Å². The maximum Gasteiger partial charge on any atom is 0.0715 e. The third-order valence-corrected chi connectivity index (χ3v) is 7.00. The fraction of sp³-hybridized carbons (Fsp3) is 0.458. The maximum atomic E-state index is 6.10. The van der Waals surface area contributed by atoms with Crippen LogP contribution in [-0.4, -0.2) is 47.2 Å². The van der Waals surface area contributed by atoms with E-state index in [1.807, 2.05) is 24.5 Å². The molecule has 152 valence electrons. The van der Waals surface area contributed by atoms with Gasteiger partial charge in [0, 0.05) is 35.0 Å². The van der Waals surface area contributed by atoms with E-state index in [1.54, 1.807) is 0 Å². The van der Waals surface area contributed by atoms with Crippen molar-refractivity contribution in [2.45, 2.75) is 31.6 Å². The van der Waals surface area contributed by atoms with E-state index in [2.05, 4.69) is 44.2 Å². The van der Waals surface area contributed by atoms with E-state index < -0.39 is 0 Å². The number of benzene rings is 1. The highest BCUT2D eigenvalue weighted by molar-refractivity contribution is 6.30. The summed E-state index contributed by atoms with van der Waals surface area (Å²) in [7, 11) is 0. The molecular weight excluding hydrogens is 380 g/mol. The van der Waals surface area contributed by atoms with E-state index in [0.29, 0.717) is 5.92 Å². The lowest BCUT2D eigenvalue weighted by Crippen LogP contribution is -2.39. The van der Waals surface area contributed by atoms with Crippen molar-refractivity contribution in [2.75, 3.05) is 32.7 Å². The highest BCUT2D eigenvalue weighted by Gasteiger charge is 2.26. The molecule has 2 aliphatic heterocycles. The molecule has 5 rings (SSSR count). The third-order valence-electron chi connectivity index (χ3n) is 6.75. The SMILES string of the molecule is Clc1ccc(-n2cc(C3CCN(CC4CCNCC4)CC3)c3ccncc32)cc1. The normalized spacial score (nSPS) is 19.8. The van der Waals surface area contributed by atoms with E-state index in [0.717, 1.165) is 16.6 Å². The predicted molar refractivity (Wildman–Crippen MR) is 120 cm³/mol. The van der Waals surface area contributed by atoms with Gasteiger partial charge in [0.2, 0.25) is 0 Å². The summed E-state index contributed by atoms with van der Waals surface area (Å²) < 4.78 is 2.27. The fourth-order valence-corrected chi connectivity index (χ4v) is 5.22. The zero-order chi connectivity index (χ0) is 19.6. The molecule has 4 heterocycles. The Kier molecular flexibility index (Phi) is 5.58. The lowest BCUT2D eigenvalue weighted by molar-refractivity contribution is 0.167. The average molecular weight is 409 g/mol. The van der Waals surface area contributed by atoms with Gasteiger partial charge in [0.1, 0.15) is 0 Å². The molecule has 3 aromatic rings. The molecule has 1 N–H and O–H groups in total. The molecule has 4 nitrogen and oxygen atoms in total. The quantitative estimate of drug-likeness (QED) is 0.669. The summed E-state index contributed by atoms with van der Waals surface area (Å²) in [5, 5.41) is 5.59. The molecular formula is C24H29ClN4. The number of piperidine rings is 2. The topological polar surface area (TPSA) is 33.1 Å². The van der Waals surface area contributed by atoms with Crippen molar-refractivity contribution in [3.8, 4) is 5.69 Å². The van der Waals surface area contributed by atoms with Crippen LogP contribution in [0.5, 0.6) is 0 Å². The van der Waals surface area contributed by atoms with Crippen LogP contribution in [0.3, 0.4) is 0 Å². The molecule has 0 aliphatic carbocycles. The van der Waals surface area contributed by atoms with Crippen molar-refractivity contribution in [1.82, 2.24) is 19.8 Å². The first kappa shape index (κ1) is 19.1. The standard InChI is InChI=1S/C24H29ClN4/c25-20-1-3-21(4-2-20)29-17-23(22-7-12-27-15-24(22)29)19-8-13-28(14-9-19)16-18-5-10-26-11-6-18/h1-4,7,12,15,17-19,26H,5-6,8-11,13-14,16H2. The molecule has 0 bridgehead atoms. The Bertz CT molecular complexity index is 951. The van der Waals surface area contributed by atoms with Gasteiger partial charge in [-0.25, -0.2) is 0 Å². The maximum absolute atomic E-state index is 6.10. The molecule has 2 saturated heterocycles. The van der Waals surface area contributed by atoms with E-state index in [-0.39, 0.29) is 0 Å². The minimum atomic E-state index is 0.623. The van der Waals surface area contributed by atoms with Gasteiger partial charge in [-0.3, -0.25) is 4.98 Å². The van der Waals surface area contributed by atoms with Crippen LogP contribution < -0.4 is 5.32 Å². The molecule has 0 atom stereocenters. The molecule has 0 radical (unpaired) electrons. The lowest BCUT2D eigenvalue weighted by Gasteiger charge is -2.35. The van der Waals surface area contributed by atoms with Gasteiger partial charge >= 0.3 is 0 Å². The van der Waals surface area contributed by atoms with Gasteiger partial charge in [0.25, 0.3) is 0 Å². The molecule has 29 heavy (non-hydrogen) atoms. The van der Waals surface area contributed by atoms with E-state index >= 15 is 0 Å². The molecule has 2 fully saturated rings. The van der Waals surface area contributed by atoms with Crippen molar-refractivity contribution >= 4 is 22.5 Å². The Labute approximate surface area is 177 Å². The van der Waals surface area contributed by atoms with Crippen LogP contribution in [0, 0.1) is 5.92 Å². The molecule has 2 aliphatic rings. The number of hydrogen-bond acceptors (Lipinski definition) is 3. The monoisotopic (exact) mass is 408 g/mol. The first-order chi connectivity index (χ1) is 14.3. The number of hydrogen-bond donors (Lipinski definition) is 1. The number of halogens is 1. The second-order valence-electron chi connectivity index (χ2n) is 8.59. The number of rotatable bonds is 4. The number of fused-ring (bicyclic) bond motifs is 1. The smallest absolute Gasteiger partial charge is 0.0715 e. The Morgan fingerprint density at radius 1 is 1.00 bits per heavy atom. The number of nitrogens with one attached hydrogen (secondary N) is 1. The number of nitrogens with zero attached hydrogens (tertiary/aromatic N) is 3. The summed E-state index contributed by atoms with van der Waals surface area (Å²) in [5.41, 5.74) is 3.79. The van der Waals surface area contributed by atoms with Gasteiger partial charge in [-0.05, 0) is 99.6 Å². The van der Waals surface area contributed by atoms with Crippen LogP contribution in [-0.2, 0) is 0 Å². The number of aromatic nitrogens is 2. The molecule has 1 aromatic carbocycles. The van der Waals surface area contributed by atoms with Crippen molar-refractivity contribution in [2.24, 2.45) is 5.92 Å². The Morgan fingerprint density at radius 2 is 1.76 bits per heavy atom. The minimum absolute atomic E-state index is 0.623. The van der Waals surface area contributed by atoms with E-state index in [4.69, 9.17) is 11.6 Å². The molecule has 2 aromatic heterocycles. The highest BCUT2D eigenvalue weighted by Crippen LogP contribution is 2.36. The van der Waals surface area contributed by atoms with Crippen molar-refractivity contribution in [1.29, 1.82) is 0 Å². The molecule has 0 amide bonds. The largest absolute Gasteiger partial charge is 0.317 e. The van der Waals surface area contributed by atoms with Gasteiger partial charge in [-0.15, -0.1) is 0 Å². The molecule has 0 spiro atoms. The van der Waals surface area contributed by atoms with Gasteiger partial charge < -0.3 is 14.8 Å². The molecule has 0 saturated carbocycles. The van der Waals surface area contributed by atoms with Crippen LogP contribution in [0.25, 0.3) is 16.6 Å². The van der Waals surface area contributed by atoms with Crippen LogP contribution in [0.2, 0.25) is 5.02 Å². The minimum Gasteiger partial charge on any atom is -0.317 e. The van der Waals surface area contributed by atoms with Gasteiger partial charge in [-0.2, -0.15) is 0 Å². The third kappa shape index (κ3) is 4.07. The average Bonchev–Trinajstić information content (AvgIpc) is 3.15. The van der Waals surface area contributed by atoms with E-state index in [9.17, 15) is 0 Å². The first-order valence-electron chi connectivity index (χ1n) is 10.9. The zero-order valence-corrected chi connectivity index (χ0v) is 17.6. The summed E-state index contributed by atoms with van der Waals surface area (Å²) in [5.74, 6) is 1.50. The second kappa shape index (κ2) is 8.47. The molecule has 5 heteroatoms. The van der Waals surface area contributed by atoms with Crippen LogP contribution in [0.1, 0.15) is 37.2 Å². The second-order valence-corrected chi connectivity index (χ2v) is 9.03. The predicted octanol–water partition coefficient (Wildman–Crippen LogP) is 4.86.